The average molecular weight is 459 g/mol. The summed E-state index contributed by atoms with van der Waals surface area (Å²) in [5, 5.41) is 7.70. The summed E-state index contributed by atoms with van der Waals surface area (Å²) in [6, 6.07) is 19.2. The summed E-state index contributed by atoms with van der Waals surface area (Å²) in [7, 11) is 1.44. The Morgan fingerprint density at radius 1 is 1.15 bits per heavy atom. The van der Waals surface area contributed by atoms with E-state index in [4.69, 9.17) is 15.9 Å². The third kappa shape index (κ3) is 5.43. The van der Waals surface area contributed by atoms with Crippen molar-refractivity contribution < 1.29 is 9.53 Å². The number of amidine groups is 1. The molecule has 1 aliphatic heterocycles. The van der Waals surface area contributed by atoms with Gasteiger partial charge in [-0.2, -0.15) is 0 Å². The number of likely N-dealkylation sites (tertiary alicyclic amines) is 1. The second-order valence-electron chi connectivity index (χ2n) is 8.77. The van der Waals surface area contributed by atoms with Crippen LogP contribution in [0.2, 0.25) is 0 Å². The summed E-state index contributed by atoms with van der Waals surface area (Å²) in [4.78, 5) is 29.2. The van der Waals surface area contributed by atoms with E-state index in [1.54, 1.807) is 12.3 Å². The zero-order valence-electron chi connectivity index (χ0n) is 19.3. The number of hydrogen-bond acceptors (Lipinski definition) is 5. The first-order valence-electron chi connectivity index (χ1n) is 11.5. The Labute approximate surface area is 199 Å². The highest BCUT2D eigenvalue weighted by Gasteiger charge is 2.36. The molecular weight excluding hydrogens is 428 g/mol. The smallest absolute Gasteiger partial charge is 0.310 e. The first-order valence-corrected chi connectivity index (χ1v) is 11.5. The molecule has 1 saturated heterocycles. The second kappa shape index (κ2) is 10.5. The van der Waals surface area contributed by atoms with Crippen LogP contribution in [-0.2, 0) is 22.5 Å². The monoisotopic (exact) mass is 458 g/mol. The number of methoxy groups -OCH3 is 1. The van der Waals surface area contributed by atoms with E-state index in [2.05, 4.69) is 34.1 Å². The summed E-state index contributed by atoms with van der Waals surface area (Å²) in [5.41, 5.74) is 10.3. The molecule has 2 aromatic carbocycles. The number of hydrogen-bond donors (Lipinski definition) is 3. The van der Waals surface area contributed by atoms with Gasteiger partial charge in [0.1, 0.15) is 5.84 Å². The number of pyridine rings is 1. The Hall–Kier alpha value is -3.71. The van der Waals surface area contributed by atoms with Gasteiger partial charge < -0.3 is 15.5 Å². The molecule has 0 spiro atoms. The molecule has 0 saturated carbocycles. The third-order valence-electron chi connectivity index (χ3n) is 6.53. The largest absolute Gasteiger partial charge is 0.469 e. The lowest BCUT2D eigenvalue weighted by Gasteiger charge is -2.30. The van der Waals surface area contributed by atoms with E-state index in [1.165, 1.54) is 18.7 Å². The van der Waals surface area contributed by atoms with Crippen molar-refractivity contribution in [2.75, 3.05) is 13.7 Å². The molecule has 0 radical (unpaired) electrons. The van der Waals surface area contributed by atoms with Crippen molar-refractivity contribution in [1.29, 1.82) is 5.41 Å². The Kier molecular flexibility index (Phi) is 7.23. The van der Waals surface area contributed by atoms with Crippen LogP contribution >= 0.6 is 0 Å². The third-order valence-corrected chi connectivity index (χ3v) is 6.53. The normalized spacial score (nSPS) is 16.8. The molecule has 4 N–H and O–H groups in total. The lowest BCUT2D eigenvalue weighted by molar-refractivity contribution is -0.147. The molecule has 7 heteroatoms. The predicted octanol–water partition coefficient (Wildman–Crippen LogP) is 3.32. The van der Waals surface area contributed by atoms with Crippen LogP contribution in [0.15, 0.2) is 71.7 Å². The van der Waals surface area contributed by atoms with Crippen molar-refractivity contribution in [3.05, 3.63) is 93.9 Å². The first kappa shape index (κ1) is 23.4. The highest BCUT2D eigenvalue weighted by Crippen LogP contribution is 2.30. The minimum Gasteiger partial charge on any atom is -0.469 e. The number of nitrogens with zero attached hydrogens (tertiary/aromatic N) is 1. The van der Waals surface area contributed by atoms with Crippen molar-refractivity contribution in [2.24, 2.45) is 11.7 Å². The first-order chi connectivity index (χ1) is 16.4. The Morgan fingerprint density at radius 2 is 1.91 bits per heavy atom. The molecule has 176 valence electrons. The molecule has 1 aliphatic rings. The summed E-state index contributed by atoms with van der Waals surface area (Å²) >= 11 is 0. The van der Waals surface area contributed by atoms with Gasteiger partial charge in [0.2, 0.25) is 5.56 Å². The molecule has 4 rings (SSSR count). The Balaban J connectivity index is 1.50. The molecule has 0 amide bonds. The molecule has 0 unspecified atom stereocenters. The SMILES string of the molecule is COC(=O)[C@H](Cc1cccc(C(=N)N)c1)[C@H]1CCCN1Cc1ccc(-c2ccc(=O)[nH]c2)cc1. The number of aromatic amines is 1. The quantitative estimate of drug-likeness (QED) is 0.272. The van der Waals surface area contributed by atoms with Gasteiger partial charge in [0.05, 0.1) is 13.0 Å². The summed E-state index contributed by atoms with van der Waals surface area (Å²) in [5.74, 6) is -0.488. The van der Waals surface area contributed by atoms with Gasteiger partial charge in [0.15, 0.2) is 0 Å². The second-order valence-corrected chi connectivity index (χ2v) is 8.77. The number of rotatable bonds is 8. The van der Waals surface area contributed by atoms with Crippen molar-refractivity contribution in [2.45, 2.75) is 31.8 Å². The zero-order chi connectivity index (χ0) is 24.1. The van der Waals surface area contributed by atoms with Crippen molar-refractivity contribution >= 4 is 11.8 Å². The van der Waals surface area contributed by atoms with Gasteiger partial charge in [-0.3, -0.25) is 19.9 Å². The summed E-state index contributed by atoms with van der Waals surface area (Å²) < 4.78 is 5.19. The number of carbonyl (C=O) groups excluding carboxylic acids is 1. The Bertz CT molecular complexity index is 1200. The van der Waals surface area contributed by atoms with Crippen LogP contribution in [0.4, 0.5) is 0 Å². The lowest BCUT2D eigenvalue weighted by atomic mass is 9.89. The van der Waals surface area contributed by atoms with Crippen molar-refractivity contribution in [1.82, 2.24) is 9.88 Å². The van der Waals surface area contributed by atoms with Gasteiger partial charge in [-0.15, -0.1) is 0 Å². The molecule has 34 heavy (non-hydrogen) atoms. The minimum absolute atomic E-state index is 0.0178. The molecule has 1 fully saturated rings. The highest BCUT2D eigenvalue weighted by molar-refractivity contribution is 5.95. The van der Waals surface area contributed by atoms with Crippen LogP contribution in [0.3, 0.4) is 0 Å². The van der Waals surface area contributed by atoms with Crippen LogP contribution in [0, 0.1) is 11.3 Å². The van der Waals surface area contributed by atoms with Crippen LogP contribution in [-0.4, -0.2) is 41.4 Å². The molecule has 0 aliphatic carbocycles. The number of ether oxygens (including phenoxy) is 1. The van der Waals surface area contributed by atoms with Gasteiger partial charge in [0.25, 0.3) is 0 Å². The number of aromatic nitrogens is 1. The number of nitrogens with two attached hydrogens (primary N) is 1. The topological polar surface area (TPSA) is 112 Å². The summed E-state index contributed by atoms with van der Waals surface area (Å²) in [6.45, 7) is 1.67. The maximum Gasteiger partial charge on any atom is 0.310 e. The van der Waals surface area contributed by atoms with Crippen molar-refractivity contribution in [3.8, 4) is 11.1 Å². The van der Waals surface area contributed by atoms with Gasteiger partial charge in [-0.05, 0) is 60.2 Å². The van der Waals surface area contributed by atoms with E-state index in [0.29, 0.717) is 12.0 Å². The summed E-state index contributed by atoms with van der Waals surface area (Å²) in [6.07, 6.45) is 4.22. The maximum atomic E-state index is 12.8. The van der Waals surface area contributed by atoms with Crippen LogP contribution in [0.1, 0.15) is 29.5 Å². The number of nitrogens with one attached hydrogen (secondary N) is 2. The van der Waals surface area contributed by atoms with E-state index < -0.39 is 0 Å². The molecule has 1 aromatic heterocycles. The number of benzene rings is 2. The molecule has 7 nitrogen and oxygen atoms in total. The van der Waals surface area contributed by atoms with Crippen molar-refractivity contribution in [3.63, 3.8) is 0 Å². The van der Waals surface area contributed by atoms with E-state index >= 15 is 0 Å². The fraction of sp³-hybridized carbons (Fsp3) is 0.296. The van der Waals surface area contributed by atoms with Gasteiger partial charge in [0, 0.05) is 30.4 Å². The van der Waals surface area contributed by atoms with Crippen LogP contribution < -0.4 is 11.3 Å². The van der Waals surface area contributed by atoms with Crippen LogP contribution in [0.5, 0.6) is 0 Å². The molecular formula is C27H30N4O3. The fourth-order valence-corrected chi connectivity index (χ4v) is 4.78. The minimum atomic E-state index is -0.296. The lowest BCUT2D eigenvalue weighted by Crippen LogP contribution is -2.40. The molecule has 0 bridgehead atoms. The molecule has 3 aromatic rings. The number of carbonyl (C=O) groups is 1. The van der Waals surface area contributed by atoms with Gasteiger partial charge >= 0.3 is 5.97 Å². The standard InChI is InChI=1S/C27H30N4O3/c1-34-27(33)23(15-19-4-2-5-21(14-19)26(28)29)24-6-3-13-31(24)17-18-7-9-20(10-8-18)22-11-12-25(32)30-16-22/h2,4-5,7-12,14,16,23-24H,3,6,13,15,17H2,1H3,(H3,28,29)(H,30,32)/t23-,24-/m1/s1. The van der Waals surface area contributed by atoms with Crippen LogP contribution in [0.25, 0.3) is 11.1 Å². The average Bonchev–Trinajstić information content (AvgIpc) is 3.31. The fourth-order valence-electron chi connectivity index (χ4n) is 4.78. The molecule has 2 atom stereocenters. The van der Waals surface area contributed by atoms with E-state index in [9.17, 15) is 9.59 Å². The maximum absolute atomic E-state index is 12.8. The number of nitrogen functional groups attached to an aromatic ring is 1. The molecule has 2 heterocycles. The van der Waals surface area contributed by atoms with Gasteiger partial charge in [-0.25, -0.2) is 0 Å². The Morgan fingerprint density at radius 3 is 2.59 bits per heavy atom. The van der Waals surface area contributed by atoms with E-state index in [-0.39, 0.29) is 29.3 Å². The predicted molar refractivity (Wildman–Crippen MR) is 133 cm³/mol. The van der Waals surface area contributed by atoms with E-state index in [1.807, 2.05) is 24.3 Å². The van der Waals surface area contributed by atoms with E-state index in [0.717, 1.165) is 42.6 Å². The highest BCUT2D eigenvalue weighted by atomic mass is 16.5. The zero-order valence-corrected chi connectivity index (χ0v) is 19.3. The number of H-pyrrole nitrogens is 1. The van der Waals surface area contributed by atoms with Gasteiger partial charge in [-0.1, -0.05) is 42.5 Å². The number of esters is 1.